The van der Waals surface area contributed by atoms with Crippen LogP contribution in [0.25, 0.3) is 0 Å². The number of pyridine rings is 1. The number of nitrogens with zero attached hydrogens (tertiary/aromatic N) is 1. The topological polar surface area (TPSA) is 145 Å². The monoisotopic (exact) mass is 342 g/mol. The van der Waals surface area contributed by atoms with E-state index in [0.29, 0.717) is 11.3 Å². The quantitative estimate of drug-likeness (QED) is 0.685. The van der Waals surface area contributed by atoms with E-state index in [2.05, 4.69) is 9.71 Å². The van der Waals surface area contributed by atoms with Crippen molar-refractivity contribution in [1.82, 2.24) is 9.71 Å². The number of primary sulfonamides is 1. The van der Waals surface area contributed by atoms with E-state index in [0.717, 1.165) is 0 Å². The number of hydrogen-bond acceptors (Lipinski definition) is 6. The van der Waals surface area contributed by atoms with E-state index in [4.69, 9.17) is 10.9 Å². The first-order chi connectivity index (χ1) is 10.2. The second-order valence-corrected chi connectivity index (χ2v) is 7.72. The summed E-state index contributed by atoms with van der Waals surface area (Å²) in [6.07, 6.45) is 1.25. The molecule has 1 aromatic carbocycles. The molecule has 5 N–H and O–H groups in total. The van der Waals surface area contributed by atoms with Crippen LogP contribution in [0.2, 0.25) is 0 Å². The van der Waals surface area contributed by atoms with Gasteiger partial charge in [0.2, 0.25) is 10.0 Å². The number of aromatic nitrogens is 1. The standard InChI is InChI=1S/C12H14N4O4S2/c13-10-3-6-12(15-8-10)22(19,20)16-7-9-1-4-11(5-2-9)21(14,17)18/h1-6,8,16H,7,13H2,(H2,14,17,18). The average Bonchev–Trinajstić information content (AvgIpc) is 2.45. The number of rotatable bonds is 5. The first kappa shape index (κ1) is 16.4. The van der Waals surface area contributed by atoms with Crippen LogP contribution in [0.15, 0.2) is 52.5 Å². The summed E-state index contributed by atoms with van der Waals surface area (Å²) in [4.78, 5) is 3.70. The van der Waals surface area contributed by atoms with Crippen LogP contribution in [0.1, 0.15) is 5.56 Å². The van der Waals surface area contributed by atoms with Crippen molar-refractivity contribution in [3.05, 3.63) is 48.2 Å². The highest BCUT2D eigenvalue weighted by atomic mass is 32.2. The molecule has 0 radical (unpaired) electrons. The summed E-state index contributed by atoms with van der Waals surface area (Å²) in [6, 6.07) is 8.28. The molecule has 0 aliphatic rings. The molecule has 1 heterocycles. The maximum atomic E-state index is 12.0. The Hall–Kier alpha value is -2.01. The molecule has 0 saturated heterocycles. The molecule has 0 fully saturated rings. The summed E-state index contributed by atoms with van der Waals surface area (Å²) >= 11 is 0. The number of nitrogens with two attached hydrogens (primary N) is 2. The van der Waals surface area contributed by atoms with E-state index >= 15 is 0 Å². The predicted molar refractivity (Wildman–Crippen MR) is 80.5 cm³/mol. The lowest BCUT2D eigenvalue weighted by Gasteiger charge is -2.07. The average molecular weight is 342 g/mol. The van der Waals surface area contributed by atoms with Gasteiger partial charge in [-0.05, 0) is 29.8 Å². The van der Waals surface area contributed by atoms with Gasteiger partial charge in [0.1, 0.15) is 0 Å². The van der Waals surface area contributed by atoms with E-state index in [1.807, 2.05) is 0 Å². The van der Waals surface area contributed by atoms with Crippen LogP contribution in [0.4, 0.5) is 5.69 Å². The fourth-order valence-corrected chi connectivity index (χ4v) is 3.06. The lowest BCUT2D eigenvalue weighted by molar-refractivity contribution is 0.577. The number of nitrogens with one attached hydrogen (secondary N) is 1. The van der Waals surface area contributed by atoms with Crippen LogP contribution in [-0.2, 0) is 26.6 Å². The van der Waals surface area contributed by atoms with Gasteiger partial charge < -0.3 is 5.73 Å². The maximum Gasteiger partial charge on any atom is 0.258 e. The molecule has 22 heavy (non-hydrogen) atoms. The Morgan fingerprint density at radius 3 is 2.14 bits per heavy atom. The molecule has 0 aliphatic heterocycles. The summed E-state index contributed by atoms with van der Waals surface area (Å²) in [6.45, 7) is -0.0146. The van der Waals surface area contributed by atoms with Crippen LogP contribution in [0.5, 0.6) is 0 Å². The van der Waals surface area contributed by atoms with Gasteiger partial charge in [0.15, 0.2) is 5.03 Å². The van der Waals surface area contributed by atoms with E-state index in [1.54, 1.807) is 0 Å². The zero-order valence-corrected chi connectivity index (χ0v) is 12.9. The van der Waals surface area contributed by atoms with Gasteiger partial charge in [-0.3, -0.25) is 0 Å². The summed E-state index contributed by atoms with van der Waals surface area (Å²) < 4.78 is 48.6. The highest BCUT2D eigenvalue weighted by molar-refractivity contribution is 7.89. The molecule has 10 heteroatoms. The minimum Gasteiger partial charge on any atom is -0.397 e. The Bertz CT molecular complexity index is 860. The highest BCUT2D eigenvalue weighted by Gasteiger charge is 2.15. The van der Waals surface area contributed by atoms with Crippen molar-refractivity contribution < 1.29 is 16.8 Å². The zero-order valence-electron chi connectivity index (χ0n) is 11.3. The SMILES string of the molecule is Nc1ccc(S(=O)(=O)NCc2ccc(S(N)(=O)=O)cc2)nc1. The molecule has 0 spiro atoms. The van der Waals surface area contributed by atoms with Gasteiger partial charge in [-0.15, -0.1) is 0 Å². The Morgan fingerprint density at radius 2 is 1.64 bits per heavy atom. The molecule has 1 aromatic heterocycles. The molecule has 118 valence electrons. The maximum absolute atomic E-state index is 12.0. The fraction of sp³-hybridized carbons (Fsp3) is 0.0833. The molecule has 2 aromatic rings. The number of hydrogen-bond donors (Lipinski definition) is 3. The number of sulfonamides is 2. The van der Waals surface area contributed by atoms with Crippen LogP contribution in [-0.4, -0.2) is 21.8 Å². The molecule has 8 nitrogen and oxygen atoms in total. The Labute approximate surface area is 128 Å². The molecule has 0 amide bonds. The van der Waals surface area contributed by atoms with Crippen LogP contribution >= 0.6 is 0 Å². The Morgan fingerprint density at radius 1 is 1.00 bits per heavy atom. The summed E-state index contributed by atoms with van der Waals surface area (Å²) in [7, 11) is -7.54. The van der Waals surface area contributed by atoms with Crippen molar-refractivity contribution in [3.8, 4) is 0 Å². The summed E-state index contributed by atoms with van der Waals surface area (Å²) in [5.74, 6) is 0. The van der Waals surface area contributed by atoms with Crippen molar-refractivity contribution in [2.75, 3.05) is 5.73 Å². The fourth-order valence-electron chi connectivity index (χ4n) is 1.60. The number of benzene rings is 1. The van der Waals surface area contributed by atoms with Crippen LogP contribution < -0.4 is 15.6 Å². The van der Waals surface area contributed by atoms with Crippen molar-refractivity contribution >= 4 is 25.7 Å². The first-order valence-electron chi connectivity index (χ1n) is 6.01. The second-order valence-electron chi connectivity index (χ2n) is 4.44. The van der Waals surface area contributed by atoms with Gasteiger partial charge in [0, 0.05) is 6.54 Å². The van der Waals surface area contributed by atoms with Gasteiger partial charge >= 0.3 is 0 Å². The zero-order chi connectivity index (χ0) is 16.4. The molecular weight excluding hydrogens is 328 g/mol. The normalized spacial score (nSPS) is 12.2. The minimum absolute atomic E-state index is 0.0146. The lowest BCUT2D eigenvalue weighted by atomic mass is 10.2. The second kappa shape index (κ2) is 6.01. The molecule has 2 rings (SSSR count). The Kier molecular flexibility index (Phi) is 4.47. The van der Waals surface area contributed by atoms with Crippen molar-refractivity contribution in [1.29, 1.82) is 0 Å². The van der Waals surface area contributed by atoms with E-state index < -0.39 is 20.0 Å². The highest BCUT2D eigenvalue weighted by Crippen LogP contribution is 2.11. The minimum atomic E-state index is -3.77. The predicted octanol–water partition coefficient (Wildman–Crippen LogP) is -0.210. The molecule has 0 unspecified atom stereocenters. The first-order valence-corrected chi connectivity index (χ1v) is 9.04. The van der Waals surface area contributed by atoms with Gasteiger partial charge in [0.25, 0.3) is 10.0 Å². The molecular formula is C12H14N4O4S2. The largest absolute Gasteiger partial charge is 0.397 e. The van der Waals surface area contributed by atoms with Gasteiger partial charge in [-0.25, -0.2) is 31.7 Å². The van der Waals surface area contributed by atoms with Gasteiger partial charge in [-0.1, -0.05) is 12.1 Å². The third kappa shape index (κ3) is 4.01. The van der Waals surface area contributed by atoms with Crippen molar-refractivity contribution in [3.63, 3.8) is 0 Å². The third-order valence-corrected chi connectivity index (χ3v) is 5.00. The summed E-state index contributed by atoms with van der Waals surface area (Å²) in [5, 5.41) is 4.83. The molecule has 0 saturated carbocycles. The van der Waals surface area contributed by atoms with Gasteiger partial charge in [-0.2, -0.15) is 0 Å². The van der Waals surface area contributed by atoms with Crippen LogP contribution in [0.3, 0.4) is 0 Å². The van der Waals surface area contributed by atoms with Gasteiger partial charge in [0.05, 0.1) is 16.8 Å². The molecule has 0 bridgehead atoms. The van der Waals surface area contributed by atoms with Crippen molar-refractivity contribution in [2.45, 2.75) is 16.5 Å². The smallest absolute Gasteiger partial charge is 0.258 e. The van der Waals surface area contributed by atoms with Crippen LogP contribution in [0, 0.1) is 0 Å². The summed E-state index contributed by atoms with van der Waals surface area (Å²) in [5.41, 5.74) is 6.38. The number of anilines is 1. The number of nitrogen functional groups attached to an aromatic ring is 1. The third-order valence-electron chi connectivity index (χ3n) is 2.75. The molecule has 0 atom stereocenters. The van der Waals surface area contributed by atoms with Crippen molar-refractivity contribution in [2.24, 2.45) is 5.14 Å². The van der Waals surface area contributed by atoms with E-state index in [1.165, 1.54) is 42.6 Å². The molecule has 0 aliphatic carbocycles. The van der Waals surface area contributed by atoms with E-state index in [9.17, 15) is 16.8 Å². The van der Waals surface area contributed by atoms with E-state index in [-0.39, 0.29) is 16.5 Å². The lowest BCUT2D eigenvalue weighted by Crippen LogP contribution is -2.24. The Balaban J connectivity index is 2.10.